The third-order valence-corrected chi connectivity index (χ3v) is 4.36. The maximum atomic E-state index is 13.0. The summed E-state index contributed by atoms with van der Waals surface area (Å²) in [7, 11) is 0. The quantitative estimate of drug-likeness (QED) is 0.549. The standard InChI is InChI=1S/C22H20N2O2/c1-14-7-9-15(10-8-14)20(22(24)26)18-12-11-17(23)13-19(18)21(25)16-5-3-2-4-6-16/h2-13,20H,23H2,1H3,(H2,24,26). The lowest BCUT2D eigenvalue weighted by Crippen LogP contribution is -2.24. The highest BCUT2D eigenvalue weighted by atomic mass is 16.1. The van der Waals surface area contributed by atoms with Gasteiger partial charge in [0.1, 0.15) is 0 Å². The van der Waals surface area contributed by atoms with Gasteiger partial charge in [-0.25, -0.2) is 0 Å². The first kappa shape index (κ1) is 17.4. The topological polar surface area (TPSA) is 86.2 Å². The minimum Gasteiger partial charge on any atom is -0.399 e. The number of hydrogen-bond acceptors (Lipinski definition) is 3. The first-order valence-corrected chi connectivity index (χ1v) is 8.32. The summed E-state index contributed by atoms with van der Waals surface area (Å²) in [5, 5.41) is 0. The molecule has 130 valence electrons. The monoisotopic (exact) mass is 344 g/mol. The van der Waals surface area contributed by atoms with Gasteiger partial charge in [0.2, 0.25) is 5.91 Å². The molecule has 26 heavy (non-hydrogen) atoms. The van der Waals surface area contributed by atoms with Crippen molar-refractivity contribution < 1.29 is 9.59 Å². The summed E-state index contributed by atoms with van der Waals surface area (Å²) >= 11 is 0. The molecule has 3 rings (SSSR count). The van der Waals surface area contributed by atoms with Crippen LogP contribution in [0.3, 0.4) is 0 Å². The number of nitrogens with two attached hydrogens (primary N) is 2. The summed E-state index contributed by atoms with van der Waals surface area (Å²) in [6.45, 7) is 1.97. The number of carbonyl (C=O) groups excluding carboxylic acids is 2. The van der Waals surface area contributed by atoms with Crippen molar-refractivity contribution in [3.05, 3.63) is 101 Å². The van der Waals surface area contributed by atoms with Gasteiger partial charge in [0.25, 0.3) is 0 Å². The second kappa shape index (κ2) is 7.23. The molecule has 0 saturated heterocycles. The Morgan fingerprint density at radius 2 is 1.54 bits per heavy atom. The predicted octanol–water partition coefficient (Wildman–Crippen LogP) is 3.43. The fraction of sp³-hybridized carbons (Fsp3) is 0.0909. The van der Waals surface area contributed by atoms with E-state index >= 15 is 0 Å². The zero-order chi connectivity index (χ0) is 18.7. The average molecular weight is 344 g/mol. The summed E-state index contributed by atoms with van der Waals surface area (Å²) in [5.74, 6) is -1.43. The van der Waals surface area contributed by atoms with E-state index in [9.17, 15) is 9.59 Å². The molecule has 0 bridgehead atoms. The van der Waals surface area contributed by atoms with E-state index in [2.05, 4.69) is 0 Å². The summed E-state index contributed by atoms with van der Waals surface area (Å²) in [5.41, 5.74) is 15.4. The highest BCUT2D eigenvalue weighted by molar-refractivity contribution is 6.11. The van der Waals surface area contributed by atoms with E-state index in [0.717, 1.165) is 11.1 Å². The molecule has 3 aromatic rings. The molecule has 0 aromatic heterocycles. The smallest absolute Gasteiger partial charge is 0.229 e. The molecular weight excluding hydrogens is 324 g/mol. The average Bonchev–Trinajstić information content (AvgIpc) is 2.64. The molecule has 0 radical (unpaired) electrons. The van der Waals surface area contributed by atoms with Crippen molar-refractivity contribution in [1.29, 1.82) is 0 Å². The number of primary amides is 1. The highest BCUT2D eigenvalue weighted by Crippen LogP contribution is 2.30. The zero-order valence-electron chi connectivity index (χ0n) is 14.5. The van der Waals surface area contributed by atoms with E-state index in [-0.39, 0.29) is 5.78 Å². The number of aryl methyl sites for hydroxylation is 1. The maximum absolute atomic E-state index is 13.0. The number of ketones is 1. The molecule has 4 N–H and O–H groups in total. The predicted molar refractivity (Wildman–Crippen MR) is 103 cm³/mol. The van der Waals surface area contributed by atoms with Crippen LogP contribution in [0.2, 0.25) is 0 Å². The molecule has 1 atom stereocenters. The molecule has 0 saturated carbocycles. The fourth-order valence-electron chi connectivity index (χ4n) is 3.02. The van der Waals surface area contributed by atoms with Gasteiger partial charge in [-0.3, -0.25) is 9.59 Å². The molecular formula is C22H20N2O2. The molecule has 1 amide bonds. The number of nitrogen functional groups attached to an aromatic ring is 1. The van der Waals surface area contributed by atoms with Crippen LogP contribution in [-0.2, 0) is 4.79 Å². The van der Waals surface area contributed by atoms with Crippen LogP contribution in [0.4, 0.5) is 5.69 Å². The van der Waals surface area contributed by atoms with Gasteiger partial charge in [-0.1, -0.05) is 66.2 Å². The molecule has 0 fully saturated rings. The normalized spacial score (nSPS) is 11.7. The fourth-order valence-corrected chi connectivity index (χ4v) is 3.02. The Hall–Kier alpha value is -3.40. The van der Waals surface area contributed by atoms with Crippen molar-refractivity contribution in [2.24, 2.45) is 5.73 Å². The summed E-state index contributed by atoms with van der Waals surface area (Å²) in [4.78, 5) is 25.3. The SMILES string of the molecule is Cc1ccc(C(C(N)=O)c2ccc(N)cc2C(=O)c2ccccc2)cc1. The van der Waals surface area contributed by atoms with Crippen LogP contribution in [0.5, 0.6) is 0 Å². The van der Waals surface area contributed by atoms with Crippen LogP contribution in [0.15, 0.2) is 72.8 Å². The van der Waals surface area contributed by atoms with Gasteiger partial charge in [-0.2, -0.15) is 0 Å². The molecule has 1 unspecified atom stereocenters. The number of anilines is 1. The van der Waals surface area contributed by atoms with Crippen molar-refractivity contribution in [1.82, 2.24) is 0 Å². The first-order chi connectivity index (χ1) is 12.5. The molecule has 4 heteroatoms. The molecule has 0 spiro atoms. The van der Waals surface area contributed by atoms with E-state index in [1.165, 1.54) is 0 Å². The lowest BCUT2D eigenvalue weighted by molar-refractivity contribution is -0.118. The Labute approximate surface area is 152 Å². The van der Waals surface area contributed by atoms with Crippen LogP contribution >= 0.6 is 0 Å². The van der Waals surface area contributed by atoms with Gasteiger partial charge in [0.15, 0.2) is 5.78 Å². The van der Waals surface area contributed by atoms with E-state index in [1.807, 2.05) is 37.3 Å². The van der Waals surface area contributed by atoms with Crippen LogP contribution in [0, 0.1) is 6.92 Å². The van der Waals surface area contributed by atoms with Crippen LogP contribution in [0.1, 0.15) is 38.5 Å². The van der Waals surface area contributed by atoms with Crippen molar-refractivity contribution in [2.45, 2.75) is 12.8 Å². The zero-order valence-corrected chi connectivity index (χ0v) is 14.5. The second-order valence-electron chi connectivity index (χ2n) is 6.29. The third-order valence-electron chi connectivity index (χ3n) is 4.36. The number of rotatable bonds is 5. The summed E-state index contributed by atoms with van der Waals surface area (Å²) in [6, 6.07) is 21.5. The Bertz CT molecular complexity index is 948. The van der Waals surface area contributed by atoms with Crippen LogP contribution < -0.4 is 11.5 Å². The Morgan fingerprint density at radius 3 is 2.15 bits per heavy atom. The largest absolute Gasteiger partial charge is 0.399 e. The molecule has 0 aliphatic carbocycles. The van der Waals surface area contributed by atoms with Crippen molar-refractivity contribution >= 4 is 17.4 Å². The summed E-state index contributed by atoms with van der Waals surface area (Å²) in [6.07, 6.45) is 0. The molecule has 0 aliphatic heterocycles. The van der Waals surface area contributed by atoms with Gasteiger partial charge in [0, 0.05) is 16.8 Å². The van der Waals surface area contributed by atoms with Gasteiger partial charge in [-0.15, -0.1) is 0 Å². The lowest BCUT2D eigenvalue weighted by atomic mass is 9.84. The molecule has 4 nitrogen and oxygen atoms in total. The van der Waals surface area contributed by atoms with Gasteiger partial charge >= 0.3 is 0 Å². The van der Waals surface area contributed by atoms with Gasteiger partial charge in [0.05, 0.1) is 5.92 Å². The van der Waals surface area contributed by atoms with Crippen molar-refractivity contribution in [3.63, 3.8) is 0 Å². The second-order valence-corrected chi connectivity index (χ2v) is 6.29. The molecule has 3 aromatic carbocycles. The van der Waals surface area contributed by atoms with E-state index < -0.39 is 11.8 Å². The number of benzene rings is 3. The Kier molecular flexibility index (Phi) is 4.85. The first-order valence-electron chi connectivity index (χ1n) is 8.32. The van der Waals surface area contributed by atoms with Crippen LogP contribution in [0.25, 0.3) is 0 Å². The minimum atomic E-state index is -0.723. The lowest BCUT2D eigenvalue weighted by Gasteiger charge is -2.18. The molecule has 0 heterocycles. The number of hydrogen-bond donors (Lipinski definition) is 2. The van der Waals surface area contributed by atoms with Crippen molar-refractivity contribution in [3.8, 4) is 0 Å². The maximum Gasteiger partial charge on any atom is 0.229 e. The van der Waals surface area contributed by atoms with Gasteiger partial charge in [-0.05, 0) is 30.2 Å². The molecule has 0 aliphatic rings. The van der Waals surface area contributed by atoms with E-state index in [0.29, 0.717) is 22.4 Å². The highest BCUT2D eigenvalue weighted by Gasteiger charge is 2.26. The van der Waals surface area contributed by atoms with Crippen molar-refractivity contribution in [2.75, 3.05) is 5.73 Å². The van der Waals surface area contributed by atoms with Gasteiger partial charge < -0.3 is 11.5 Å². The number of amides is 1. The third kappa shape index (κ3) is 3.49. The minimum absolute atomic E-state index is 0.189. The van der Waals surface area contributed by atoms with E-state index in [4.69, 9.17) is 11.5 Å². The van der Waals surface area contributed by atoms with Crippen LogP contribution in [-0.4, -0.2) is 11.7 Å². The summed E-state index contributed by atoms with van der Waals surface area (Å²) < 4.78 is 0. The Balaban J connectivity index is 2.15. The Morgan fingerprint density at radius 1 is 0.885 bits per heavy atom. The number of carbonyl (C=O) groups is 2. The van der Waals surface area contributed by atoms with E-state index in [1.54, 1.807) is 42.5 Å².